The molecule has 1 heterocycles. The molecule has 2 nitrogen and oxygen atoms in total. The Bertz CT molecular complexity index is 476. The molecule has 2 heteroatoms. The summed E-state index contributed by atoms with van der Waals surface area (Å²) in [4.78, 5) is 0. The Labute approximate surface area is 116 Å². The summed E-state index contributed by atoms with van der Waals surface area (Å²) in [6.45, 7) is 11.3. The normalized spacial score (nSPS) is 22.9. The van der Waals surface area contributed by atoms with Crippen LogP contribution in [0.2, 0.25) is 0 Å². The predicted molar refractivity (Wildman–Crippen MR) is 78.7 cm³/mol. The topological polar surface area (TPSA) is 21.3 Å². The lowest BCUT2D eigenvalue weighted by Gasteiger charge is -2.07. The minimum Gasteiger partial charge on any atom is -0.493 e. The largest absolute Gasteiger partial charge is 0.493 e. The van der Waals surface area contributed by atoms with Crippen molar-refractivity contribution in [2.45, 2.75) is 46.6 Å². The van der Waals surface area contributed by atoms with Gasteiger partial charge in [0.15, 0.2) is 0 Å². The van der Waals surface area contributed by atoms with Crippen LogP contribution in [0.4, 0.5) is 0 Å². The van der Waals surface area contributed by atoms with E-state index in [0.717, 1.165) is 31.7 Å². The molecule has 0 atom stereocenters. The zero-order valence-corrected chi connectivity index (χ0v) is 12.5. The van der Waals surface area contributed by atoms with Gasteiger partial charge < -0.3 is 10.1 Å². The zero-order valence-electron chi connectivity index (χ0n) is 12.5. The van der Waals surface area contributed by atoms with E-state index in [4.69, 9.17) is 4.74 Å². The molecule has 1 aromatic carbocycles. The van der Waals surface area contributed by atoms with E-state index in [-0.39, 0.29) is 0 Å². The van der Waals surface area contributed by atoms with E-state index in [1.807, 2.05) is 0 Å². The van der Waals surface area contributed by atoms with E-state index >= 15 is 0 Å². The van der Waals surface area contributed by atoms with Gasteiger partial charge in [-0.3, -0.25) is 0 Å². The molecule has 1 aromatic rings. The first kappa shape index (κ1) is 13.0. The highest BCUT2D eigenvalue weighted by Gasteiger charge is 2.64. The van der Waals surface area contributed by atoms with Gasteiger partial charge in [0.25, 0.3) is 0 Å². The van der Waals surface area contributed by atoms with Crippen LogP contribution in [0, 0.1) is 10.8 Å². The molecular weight excluding hydrogens is 234 g/mol. The third-order valence-corrected chi connectivity index (χ3v) is 5.54. The van der Waals surface area contributed by atoms with Gasteiger partial charge >= 0.3 is 0 Å². The maximum absolute atomic E-state index is 5.55. The van der Waals surface area contributed by atoms with Gasteiger partial charge in [0.1, 0.15) is 5.75 Å². The summed E-state index contributed by atoms with van der Waals surface area (Å²) in [7, 11) is 0. The van der Waals surface area contributed by atoms with Crippen molar-refractivity contribution >= 4 is 0 Å². The number of rotatable bonds is 4. The van der Waals surface area contributed by atoms with Crippen molar-refractivity contribution in [3.05, 3.63) is 29.3 Å². The first-order chi connectivity index (χ1) is 8.93. The maximum atomic E-state index is 5.55. The average Bonchev–Trinajstić information content (AvgIpc) is 2.74. The summed E-state index contributed by atoms with van der Waals surface area (Å²) >= 11 is 0. The van der Waals surface area contributed by atoms with Crippen LogP contribution in [0.3, 0.4) is 0 Å². The van der Waals surface area contributed by atoms with Crippen LogP contribution in [-0.2, 0) is 12.8 Å². The Kier molecular flexibility index (Phi) is 2.90. The average molecular weight is 259 g/mol. The summed E-state index contributed by atoms with van der Waals surface area (Å²) in [5.74, 6) is 1.08. The van der Waals surface area contributed by atoms with Gasteiger partial charge in [-0.1, -0.05) is 39.8 Å². The van der Waals surface area contributed by atoms with E-state index in [1.165, 1.54) is 11.1 Å². The lowest BCUT2D eigenvalue weighted by molar-refractivity contribution is 0.357. The molecule has 19 heavy (non-hydrogen) atoms. The SMILES string of the molecule is CC1(C)C(NCCc2ccc3c(c2)CCO3)C1(C)C. The van der Waals surface area contributed by atoms with E-state index in [0.29, 0.717) is 16.9 Å². The highest BCUT2D eigenvalue weighted by atomic mass is 16.5. The third-order valence-electron chi connectivity index (χ3n) is 5.54. The zero-order chi connectivity index (χ0) is 13.7. The lowest BCUT2D eigenvalue weighted by Crippen LogP contribution is -2.24. The van der Waals surface area contributed by atoms with E-state index < -0.39 is 0 Å². The van der Waals surface area contributed by atoms with E-state index in [2.05, 4.69) is 51.2 Å². The number of hydrogen-bond acceptors (Lipinski definition) is 2. The number of hydrogen-bond donors (Lipinski definition) is 1. The number of nitrogens with one attached hydrogen (secondary N) is 1. The Morgan fingerprint density at radius 1 is 1.21 bits per heavy atom. The molecule has 1 aliphatic heterocycles. The maximum Gasteiger partial charge on any atom is 0.122 e. The number of fused-ring (bicyclic) bond motifs is 1. The Hall–Kier alpha value is -1.02. The molecule has 0 radical (unpaired) electrons. The Morgan fingerprint density at radius 2 is 1.95 bits per heavy atom. The molecule has 1 aliphatic carbocycles. The van der Waals surface area contributed by atoms with Gasteiger partial charge in [0.05, 0.1) is 6.61 Å². The molecule has 3 rings (SSSR count). The minimum atomic E-state index is 0.429. The van der Waals surface area contributed by atoms with Gasteiger partial charge in [-0.05, 0) is 41.0 Å². The van der Waals surface area contributed by atoms with E-state index in [1.54, 1.807) is 0 Å². The fourth-order valence-corrected chi connectivity index (χ4v) is 3.46. The van der Waals surface area contributed by atoms with E-state index in [9.17, 15) is 0 Å². The van der Waals surface area contributed by atoms with Crippen molar-refractivity contribution in [1.29, 1.82) is 0 Å². The third kappa shape index (κ3) is 2.06. The van der Waals surface area contributed by atoms with Crippen molar-refractivity contribution in [3.63, 3.8) is 0 Å². The highest BCUT2D eigenvalue weighted by Crippen LogP contribution is 2.62. The van der Waals surface area contributed by atoms with Crippen molar-refractivity contribution in [2.24, 2.45) is 10.8 Å². The highest BCUT2D eigenvalue weighted by molar-refractivity contribution is 5.39. The van der Waals surface area contributed by atoms with Crippen LogP contribution < -0.4 is 10.1 Å². The Morgan fingerprint density at radius 3 is 2.63 bits per heavy atom. The van der Waals surface area contributed by atoms with Crippen LogP contribution in [0.15, 0.2) is 18.2 Å². The molecule has 0 spiro atoms. The summed E-state index contributed by atoms with van der Waals surface area (Å²) in [6, 6.07) is 7.29. The molecule has 0 unspecified atom stereocenters. The van der Waals surface area contributed by atoms with Crippen LogP contribution >= 0.6 is 0 Å². The second kappa shape index (κ2) is 4.24. The van der Waals surface area contributed by atoms with Gasteiger partial charge in [0, 0.05) is 12.5 Å². The van der Waals surface area contributed by atoms with Crippen LogP contribution in [0.1, 0.15) is 38.8 Å². The summed E-state index contributed by atoms with van der Waals surface area (Å²) in [5.41, 5.74) is 3.66. The number of ether oxygens (including phenoxy) is 1. The second-order valence-electron chi connectivity index (χ2n) is 7.12. The molecule has 0 aromatic heterocycles. The van der Waals surface area contributed by atoms with Crippen molar-refractivity contribution in [1.82, 2.24) is 5.32 Å². The molecule has 0 bridgehead atoms. The molecule has 0 amide bonds. The lowest BCUT2D eigenvalue weighted by atomic mass is 10.0. The molecule has 104 valence electrons. The monoisotopic (exact) mass is 259 g/mol. The Balaban J connectivity index is 1.54. The number of benzene rings is 1. The first-order valence-electron chi connectivity index (χ1n) is 7.41. The minimum absolute atomic E-state index is 0.429. The fourth-order valence-electron chi connectivity index (χ4n) is 3.46. The molecule has 1 fully saturated rings. The van der Waals surface area contributed by atoms with Crippen LogP contribution in [0.5, 0.6) is 5.75 Å². The second-order valence-corrected chi connectivity index (χ2v) is 7.12. The summed E-state index contributed by atoms with van der Waals surface area (Å²) < 4.78 is 5.55. The fraction of sp³-hybridized carbons (Fsp3) is 0.647. The van der Waals surface area contributed by atoms with Crippen molar-refractivity contribution < 1.29 is 4.74 Å². The molecular formula is C17H25NO. The van der Waals surface area contributed by atoms with Gasteiger partial charge in [-0.15, -0.1) is 0 Å². The molecule has 0 saturated heterocycles. The quantitative estimate of drug-likeness (QED) is 0.896. The summed E-state index contributed by atoms with van der Waals surface area (Å²) in [6.07, 6.45) is 2.18. The van der Waals surface area contributed by atoms with Gasteiger partial charge in [0.2, 0.25) is 0 Å². The van der Waals surface area contributed by atoms with Gasteiger partial charge in [-0.2, -0.15) is 0 Å². The van der Waals surface area contributed by atoms with Crippen molar-refractivity contribution in [3.8, 4) is 5.75 Å². The first-order valence-corrected chi connectivity index (χ1v) is 7.41. The predicted octanol–water partition coefficient (Wildman–Crippen LogP) is 3.19. The molecule has 1 N–H and O–H groups in total. The van der Waals surface area contributed by atoms with Gasteiger partial charge in [-0.25, -0.2) is 0 Å². The molecule has 2 aliphatic rings. The standard InChI is InChI=1S/C17H25NO/c1-16(2)15(17(16,3)4)18-9-7-12-5-6-14-13(11-12)8-10-19-14/h5-6,11,15,18H,7-10H2,1-4H3. The van der Waals surface area contributed by atoms with Crippen LogP contribution in [0.25, 0.3) is 0 Å². The smallest absolute Gasteiger partial charge is 0.122 e. The summed E-state index contributed by atoms with van der Waals surface area (Å²) in [5, 5.41) is 3.72. The van der Waals surface area contributed by atoms with Crippen molar-refractivity contribution in [2.75, 3.05) is 13.2 Å². The van der Waals surface area contributed by atoms with Crippen LogP contribution in [-0.4, -0.2) is 19.2 Å². The molecule has 1 saturated carbocycles.